The molecule has 50 heavy (non-hydrogen) atoms. The first kappa shape index (κ1) is 49.1. The third-order valence-corrected chi connectivity index (χ3v) is 11.4. The fourth-order valence-electron chi connectivity index (χ4n) is 8.71. The highest BCUT2D eigenvalue weighted by Gasteiger charge is 2.41. The molecule has 296 valence electrons. The van der Waals surface area contributed by atoms with Gasteiger partial charge < -0.3 is 5.41 Å². The normalized spacial score (nSPS) is 14.8. The second kappa shape index (κ2) is 34.0. The average Bonchev–Trinajstić information content (AvgIpc) is 3.07. The van der Waals surface area contributed by atoms with Crippen molar-refractivity contribution in [2.24, 2.45) is 22.7 Å². The Kier molecular flexibility index (Phi) is 33.4. The highest BCUT2D eigenvalue weighted by Crippen LogP contribution is 2.45. The largest absolute Gasteiger partial charge is 0.309 e. The smallest absolute Gasteiger partial charge is 0.0207 e. The number of rotatable bonds is 38. The molecule has 0 radical (unpaired) electrons. The summed E-state index contributed by atoms with van der Waals surface area (Å²) in [5.41, 5.74) is 1.18. The Bertz CT molecular complexity index is 725. The zero-order valence-corrected chi connectivity index (χ0v) is 36.1. The Balaban J connectivity index is 4.44. The molecule has 2 unspecified atom stereocenters. The van der Waals surface area contributed by atoms with Crippen molar-refractivity contribution in [3.8, 4) is 0 Å². The Hall–Kier alpha value is -0.850. The molecule has 0 aromatic heterocycles. The van der Waals surface area contributed by atoms with Gasteiger partial charge >= 0.3 is 0 Å². The minimum Gasteiger partial charge on any atom is -0.309 e. The number of nitrogens with one attached hydrogen (secondary N) is 1. The van der Waals surface area contributed by atoms with E-state index >= 15 is 0 Å². The van der Waals surface area contributed by atoms with Gasteiger partial charge in [-0.05, 0) is 88.9 Å². The van der Waals surface area contributed by atoms with Crippen LogP contribution in [-0.2, 0) is 0 Å². The molecule has 0 saturated carbocycles. The molecule has 0 rings (SSSR count). The van der Waals surface area contributed by atoms with Crippen LogP contribution < -0.4 is 0 Å². The van der Waals surface area contributed by atoms with Gasteiger partial charge in [-0.3, -0.25) is 0 Å². The molecule has 1 heteroatoms. The fraction of sp³-hybridized carbons (Fsp3) is 0.898. The summed E-state index contributed by atoms with van der Waals surface area (Å²) in [6.07, 6.45) is 52.6. The van der Waals surface area contributed by atoms with Crippen molar-refractivity contribution in [3.05, 3.63) is 24.3 Å². The topological polar surface area (TPSA) is 23.9 Å². The lowest BCUT2D eigenvalue weighted by Gasteiger charge is -2.43. The average molecular weight is 698 g/mol. The zero-order valence-electron chi connectivity index (χ0n) is 36.1. The van der Waals surface area contributed by atoms with Crippen molar-refractivity contribution in [1.29, 1.82) is 5.41 Å². The number of hydrogen-bond acceptors (Lipinski definition) is 1. The summed E-state index contributed by atoms with van der Waals surface area (Å²) in [5, 5.41) is 9.75. The highest BCUT2D eigenvalue weighted by atomic mass is 14.6. The summed E-state index contributed by atoms with van der Waals surface area (Å²) in [6, 6.07) is 0. The van der Waals surface area contributed by atoms with E-state index in [-0.39, 0.29) is 10.8 Å². The molecule has 0 aliphatic heterocycles. The number of unbranched alkanes of at least 4 members (excludes halogenated alkanes) is 24. The molecule has 0 aliphatic rings. The molecule has 0 saturated heterocycles. The molecule has 0 aromatic carbocycles. The molecule has 0 aliphatic carbocycles. The van der Waals surface area contributed by atoms with Gasteiger partial charge in [0.2, 0.25) is 0 Å². The van der Waals surface area contributed by atoms with E-state index in [4.69, 9.17) is 0 Å². The summed E-state index contributed by atoms with van der Waals surface area (Å²) in [6.45, 7) is 19.0. The summed E-state index contributed by atoms with van der Waals surface area (Å²) < 4.78 is 0. The first-order valence-electron chi connectivity index (χ1n) is 23.0. The summed E-state index contributed by atoms with van der Waals surface area (Å²) in [7, 11) is 0. The molecule has 0 spiro atoms. The molecule has 0 aromatic rings. The summed E-state index contributed by atoms with van der Waals surface area (Å²) in [4.78, 5) is 0. The molecular formula is C49H95N. The van der Waals surface area contributed by atoms with Crippen molar-refractivity contribution in [2.45, 2.75) is 261 Å². The Morgan fingerprint density at radius 2 is 0.640 bits per heavy atom. The SMILES string of the molecule is CCCCCCCC/C=C\CCCCCCCCC(C)(CC(C)C)C(=N)C(C)(CCCCCCCC/C=C\CCCCCCCC)CC(C)C. The number of hydrogen-bond donors (Lipinski definition) is 1. The van der Waals surface area contributed by atoms with Gasteiger partial charge in [-0.2, -0.15) is 0 Å². The van der Waals surface area contributed by atoms with Crippen molar-refractivity contribution in [1.82, 2.24) is 0 Å². The van der Waals surface area contributed by atoms with Crippen LogP contribution in [0, 0.1) is 28.1 Å². The highest BCUT2D eigenvalue weighted by molar-refractivity contribution is 5.92. The monoisotopic (exact) mass is 698 g/mol. The summed E-state index contributed by atoms with van der Waals surface area (Å²) in [5.74, 6) is 1.28. The second-order valence-corrected chi connectivity index (χ2v) is 18.1. The van der Waals surface area contributed by atoms with Gasteiger partial charge in [0.05, 0.1) is 0 Å². The predicted octanol–water partition coefficient (Wildman–Crippen LogP) is 18.0. The molecule has 2 atom stereocenters. The Morgan fingerprint density at radius 1 is 0.400 bits per heavy atom. The minimum absolute atomic E-state index is 0.0428. The standard InChI is InChI=1S/C49H95N/c1-9-11-13-15-17-19-21-23-25-27-29-31-33-35-37-39-41-48(7,43-45(3)4)47(50)49(8,44-46(5)6)42-40-38-36-34-32-30-28-26-24-22-20-18-16-14-12-10-2/h23-26,45-46,50H,9-22,27-44H2,1-8H3/b25-23-,26-24-,50-47?. The van der Waals surface area contributed by atoms with E-state index in [1.54, 1.807) is 0 Å². The van der Waals surface area contributed by atoms with Gasteiger partial charge in [0.1, 0.15) is 0 Å². The van der Waals surface area contributed by atoms with E-state index in [2.05, 4.69) is 79.7 Å². The first-order chi connectivity index (χ1) is 24.1. The molecule has 0 bridgehead atoms. The van der Waals surface area contributed by atoms with Crippen LogP contribution in [-0.4, -0.2) is 5.71 Å². The summed E-state index contributed by atoms with van der Waals surface area (Å²) >= 11 is 0. The van der Waals surface area contributed by atoms with Crippen LogP contribution in [0.5, 0.6) is 0 Å². The third kappa shape index (κ3) is 28.7. The predicted molar refractivity (Wildman–Crippen MR) is 231 cm³/mol. The molecule has 1 nitrogen and oxygen atoms in total. The number of allylic oxidation sites excluding steroid dienone is 4. The molecule has 0 fully saturated rings. The van der Waals surface area contributed by atoms with Crippen molar-refractivity contribution < 1.29 is 0 Å². The van der Waals surface area contributed by atoms with E-state index in [0.29, 0.717) is 11.8 Å². The molecular weight excluding hydrogens is 603 g/mol. The van der Waals surface area contributed by atoms with Crippen LogP contribution in [0.15, 0.2) is 24.3 Å². The molecule has 0 heterocycles. The minimum atomic E-state index is 0.0428. The van der Waals surface area contributed by atoms with Crippen LogP contribution in [0.1, 0.15) is 261 Å². The molecule has 0 amide bonds. The van der Waals surface area contributed by atoms with Gasteiger partial charge in [-0.15, -0.1) is 0 Å². The Morgan fingerprint density at radius 3 is 0.900 bits per heavy atom. The van der Waals surface area contributed by atoms with Crippen LogP contribution in [0.4, 0.5) is 0 Å². The van der Waals surface area contributed by atoms with E-state index in [0.717, 1.165) is 18.6 Å². The lowest BCUT2D eigenvalue weighted by molar-refractivity contribution is 0.253. The van der Waals surface area contributed by atoms with Crippen molar-refractivity contribution >= 4 is 5.71 Å². The van der Waals surface area contributed by atoms with E-state index in [9.17, 15) is 5.41 Å². The third-order valence-electron chi connectivity index (χ3n) is 11.4. The fourth-order valence-corrected chi connectivity index (χ4v) is 8.71. The van der Waals surface area contributed by atoms with Gasteiger partial charge in [0.15, 0.2) is 0 Å². The maximum atomic E-state index is 9.75. The first-order valence-corrected chi connectivity index (χ1v) is 23.0. The van der Waals surface area contributed by atoms with Crippen LogP contribution in [0.2, 0.25) is 0 Å². The van der Waals surface area contributed by atoms with E-state index in [1.165, 1.54) is 193 Å². The maximum absolute atomic E-state index is 9.75. The molecule has 1 N–H and O–H groups in total. The zero-order chi connectivity index (χ0) is 37.2. The van der Waals surface area contributed by atoms with Gasteiger partial charge in [-0.25, -0.2) is 0 Å². The van der Waals surface area contributed by atoms with Crippen molar-refractivity contribution in [2.75, 3.05) is 0 Å². The second-order valence-electron chi connectivity index (χ2n) is 18.1. The van der Waals surface area contributed by atoms with Gasteiger partial charge in [-0.1, -0.05) is 208 Å². The van der Waals surface area contributed by atoms with Crippen LogP contribution >= 0.6 is 0 Å². The Labute approximate surface area is 318 Å². The van der Waals surface area contributed by atoms with E-state index < -0.39 is 0 Å². The lowest BCUT2D eigenvalue weighted by Crippen LogP contribution is -2.41. The van der Waals surface area contributed by atoms with E-state index in [1.807, 2.05) is 0 Å². The van der Waals surface area contributed by atoms with Gasteiger partial charge in [0, 0.05) is 16.5 Å². The van der Waals surface area contributed by atoms with Gasteiger partial charge in [0.25, 0.3) is 0 Å². The van der Waals surface area contributed by atoms with Crippen LogP contribution in [0.25, 0.3) is 0 Å². The van der Waals surface area contributed by atoms with Crippen LogP contribution in [0.3, 0.4) is 0 Å². The quantitative estimate of drug-likeness (QED) is 0.0377. The lowest BCUT2D eigenvalue weighted by atomic mass is 9.61. The maximum Gasteiger partial charge on any atom is 0.0207 e. The van der Waals surface area contributed by atoms with Crippen molar-refractivity contribution in [3.63, 3.8) is 0 Å².